The van der Waals surface area contributed by atoms with Crippen molar-refractivity contribution >= 4 is 15.9 Å². The lowest BCUT2D eigenvalue weighted by molar-refractivity contribution is 0.287. The van der Waals surface area contributed by atoms with E-state index in [0.29, 0.717) is 6.61 Å². The van der Waals surface area contributed by atoms with Crippen LogP contribution in [0.5, 0.6) is 5.75 Å². The molecule has 0 bridgehead atoms. The zero-order valence-electron chi connectivity index (χ0n) is 12.8. The van der Waals surface area contributed by atoms with Gasteiger partial charge in [-0.1, -0.05) is 25.1 Å². The molecule has 21 heavy (non-hydrogen) atoms. The predicted molar refractivity (Wildman–Crippen MR) is 88.3 cm³/mol. The van der Waals surface area contributed by atoms with E-state index in [1.54, 1.807) is 0 Å². The molecule has 2 N–H and O–H groups in total. The van der Waals surface area contributed by atoms with Gasteiger partial charge in [0.2, 0.25) is 0 Å². The van der Waals surface area contributed by atoms with Crippen molar-refractivity contribution in [2.45, 2.75) is 46.4 Å². The summed E-state index contributed by atoms with van der Waals surface area (Å²) in [5, 5.41) is 4.48. The average Bonchev–Trinajstić information content (AvgIpc) is 2.79. The van der Waals surface area contributed by atoms with Gasteiger partial charge < -0.3 is 10.5 Å². The first kappa shape index (κ1) is 16.0. The van der Waals surface area contributed by atoms with Crippen LogP contribution in [-0.2, 0) is 13.2 Å². The number of halogens is 1. The van der Waals surface area contributed by atoms with Crippen LogP contribution >= 0.6 is 15.9 Å². The van der Waals surface area contributed by atoms with Crippen molar-refractivity contribution in [1.82, 2.24) is 9.78 Å². The third-order valence-electron chi connectivity index (χ3n) is 3.58. The van der Waals surface area contributed by atoms with Crippen molar-refractivity contribution in [1.29, 1.82) is 0 Å². The number of hydrogen-bond donors (Lipinski definition) is 1. The number of nitrogens with two attached hydrogens (primary N) is 1. The molecule has 0 radical (unpaired) electrons. The van der Waals surface area contributed by atoms with E-state index in [1.807, 2.05) is 35.9 Å². The molecule has 0 spiro atoms. The highest BCUT2D eigenvalue weighted by molar-refractivity contribution is 9.10. The van der Waals surface area contributed by atoms with Crippen molar-refractivity contribution < 1.29 is 4.74 Å². The largest absolute Gasteiger partial charge is 0.487 e. The SMILES string of the molecule is CC[C@H](N)c1ccccc1OCc1c(Br)c(C)nn1CC. The van der Waals surface area contributed by atoms with Crippen LogP contribution in [0.15, 0.2) is 28.7 Å². The Hall–Kier alpha value is -1.33. The second-order valence-corrected chi connectivity index (χ2v) is 5.80. The summed E-state index contributed by atoms with van der Waals surface area (Å²) >= 11 is 3.59. The standard InChI is InChI=1S/C16H22BrN3O/c1-4-13(18)12-8-6-7-9-15(12)21-10-14-16(17)11(3)19-20(14)5-2/h6-9,13H,4-5,10,18H2,1-3H3/t13-/m0/s1. The Morgan fingerprint density at radius 1 is 1.33 bits per heavy atom. The molecule has 1 aromatic carbocycles. The third-order valence-corrected chi connectivity index (χ3v) is 4.61. The topological polar surface area (TPSA) is 53.1 Å². The lowest BCUT2D eigenvalue weighted by Gasteiger charge is -2.16. The van der Waals surface area contributed by atoms with Gasteiger partial charge in [0.25, 0.3) is 0 Å². The van der Waals surface area contributed by atoms with E-state index < -0.39 is 0 Å². The molecule has 5 heteroatoms. The second-order valence-electron chi connectivity index (χ2n) is 5.00. The number of aryl methyl sites for hydroxylation is 2. The van der Waals surface area contributed by atoms with Crippen LogP contribution in [0.2, 0.25) is 0 Å². The Bertz CT molecular complexity index is 610. The highest BCUT2D eigenvalue weighted by atomic mass is 79.9. The molecule has 4 nitrogen and oxygen atoms in total. The molecule has 0 fully saturated rings. The molecular weight excluding hydrogens is 330 g/mol. The molecule has 0 unspecified atom stereocenters. The number of para-hydroxylation sites is 1. The van der Waals surface area contributed by atoms with Crippen molar-refractivity contribution in [3.05, 3.63) is 45.7 Å². The minimum Gasteiger partial charge on any atom is -0.487 e. The second kappa shape index (κ2) is 7.09. The highest BCUT2D eigenvalue weighted by Crippen LogP contribution is 2.28. The Morgan fingerprint density at radius 3 is 2.71 bits per heavy atom. The summed E-state index contributed by atoms with van der Waals surface area (Å²) in [5.41, 5.74) is 9.23. The monoisotopic (exact) mass is 351 g/mol. The Labute approximate surface area is 134 Å². The molecule has 114 valence electrons. The third kappa shape index (κ3) is 3.47. The first-order valence-corrected chi connectivity index (χ1v) is 8.06. The minimum absolute atomic E-state index is 0.00228. The number of aromatic nitrogens is 2. The predicted octanol–water partition coefficient (Wildman–Crippen LogP) is 3.96. The summed E-state index contributed by atoms with van der Waals surface area (Å²) in [6, 6.07) is 7.97. The molecule has 0 aliphatic rings. The van der Waals surface area contributed by atoms with Gasteiger partial charge in [-0.2, -0.15) is 5.10 Å². The van der Waals surface area contributed by atoms with Crippen LogP contribution in [0.1, 0.15) is 43.3 Å². The minimum atomic E-state index is 0.00228. The summed E-state index contributed by atoms with van der Waals surface area (Å²) < 4.78 is 8.99. The van der Waals surface area contributed by atoms with E-state index in [-0.39, 0.29) is 6.04 Å². The number of ether oxygens (including phenoxy) is 1. The summed E-state index contributed by atoms with van der Waals surface area (Å²) in [5.74, 6) is 0.847. The van der Waals surface area contributed by atoms with Crippen molar-refractivity contribution in [3.63, 3.8) is 0 Å². The Balaban J connectivity index is 2.21. The molecule has 1 atom stereocenters. The first-order valence-electron chi connectivity index (χ1n) is 7.27. The molecule has 0 saturated heterocycles. The maximum Gasteiger partial charge on any atom is 0.131 e. The number of rotatable bonds is 6. The lowest BCUT2D eigenvalue weighted by Crippen LogP contribution is -2.12. The molecule has 1 aromatic heterocycles. The van der Waals surface area contributed by atoms with Crippen LogP contribution in [0.25, 0.3) is 0 Å². The zero-order valence-corrected chi connectivity index (χ0v) is 14.4. The van der Waals surface area contributed by atoms with Crippen LogP contribution < -0.4 is 10.5 Å². The van der Waals surface area contributed by atoms with Crippen molar-refractivity contribution in [2.75, 3.05) is 0 Å². The summed E-state index contributed by atoms with van der Waals surface area (Å²) in [6.45, 7) is 7.43. The van der Waals surface area contributed by atoms with Crippen molar-refractivity contribution in [3.8, 4) is 5.75 Å². The molecular formula is C16H22BrN3O. The van der Waals surface area contributed by atoms with Gasteiger partial charge in [-0.25, -0.2) is 0 Å². The maximum atomic E-state index is 6.15. The van der Waals surface area contributed by atoms with E-state index in [2.05, 4.69) is 34.9 Å². The van der Waals surface area contributed by atoms with Gasteiger partial charge in [0.1, 0.15) is 12.4 Å². The number of hydrogen-bond acceptors (Lipinski definition) is 3. The van der Waals surface area contributed by atoms with Gasteiger partial charge in [-0.3, -0.25) is 4.68 Å². The first-order chi connectivity index (χ1) is 10.1. The normalized spacial score (nSPS) is 12.4. The molecule has 0 aliphatic carbocycles. The summed E-state index contributed by atoms with van der Waals surface area (Å²) in [4.78, 5) is 0. The van der Waals surface area contributed by atoms with Gasteiger partial charge in [-0.15, -0.1) is 0 Å². The van der Waals surface area contributed by atoms with Gasteiger partial charge in [0, 0.05) is 18.2 Å². The quantitative estimate of drug-likeness (QED) is 0.856. The van der Waals surface area contributed by atoms with Crippen LogP contribution in [0.3, 0.4) is 0 Å². The Kier molecular flexibility index (Phi) is 5.42. The lowest BCUT2D eigenvalue weighted by atomic mass is 10.0. The average molecular weight is 352 g/mol. The Morgan fingerprint density at radius 2 is 2.05 bits per heavy atom. The molecule has 2 aromatic rings. The molecule has 1 heterocycles. The van der Waals surface area contributed by atoms with Crippen molar-refractivity contribution in [2.24, 2.45) is 5.73 Å². The molecule has 0 amide bonds. The van der Waals surface area contributed by atoms with Gasteiger partial charge in [0.15, 0.2) is 0 Å². The van der Waals surface area contributed by atoms with E-state index in [4.69, 9.17) is 10.5 Å². The number of benzene rings is 1. The number of nitrogens with zero attached hydrogens (tertiary/aromatic N) is 2. The van der Waals surface area contributed by atoms with E-state index in [1.165, 1.54) is 0 Å². The smallest absolute Gasteiger partial charge is 0.131 e. The van der Waals surface area contributed by atoms with Gasteiger partial charge in [-0.05, 0) is 42.3 Å². The zero-order chi connectivity index (χ0) is 15.4. The van der Waals surface area contributed by atoms with E-state index >= 15 is 0 Å². The van der Waals surface area contributed by atoms with Gasteiger partial charge in [0.05, 0.1) is 15.9 Å². The summed E-state index contributed by atoms with van der Waals surface area (Å²) in [7, 11) is 0. The molecule has 2 rings (SSSR count). The van der Waals surface area contributed by atoms with E-state index in [9.17, 15) is 0 Å². The molecule has 0 saturated carbocycles. The fourth-order valence-corrected chi connectivity index (χ4v) is 2.69. The molecule has 0 aliphatic heterocycles. The van der Waals surface area contributed by atoms with Crippen LogP contribution in [-0.4, -0.2) is 9.78 Å². The van der Waals surface area contributed by atoms with E-state index in [0.717, 1.165) is 40.1 Å². The van der Waals surface area contributed by atoms with Crippen LogP contribution in [0.4, 0.5) is 0 Å². The fraction of sp³-hybridized carbons (Fsp3) is 0.438. The highest BCUT2D eigenvalue weighted by Gasteiger charge is 2.15. The maximum absolute atomic E-state index is 6.15. The van der Waals surface area contributed by atoms with Gasteiger partial charge >= 0.3 is 0 Å². The van der Waals surface area contributed by atoms with Crippen LogP contribution in [0, 0.1) is 6.92 Å². The fourth-order valence-electron chi connectivity index (χ4n) is 2.29. The summed E-state index contributed by atoms with van der Waals surface area (Å²) in [6.07, 6.45) is 0.885.